The highest BCUT2D eigenvalue weighted by atomic mass is 35.5. The minimum atomic E-state index is -0.250. The number of nitrogens with zero attached hydrogens (tertiary/aromatic N) is 1. The smallest absolute Gasteiger partial charge is 0.128 e. The zero-order valence-corrected chi connectivity index (χ0v) is 13.4. The van der Waals surface area contributed by atoms with Gasteiger partial charge in [-0.05, 0) is 43.9 Å². The van der Waals surface area contributed by atoms with Gasteiger partial charge in [0.15, 0.2) is 0 Å². The van der Waals surface area contributed by atoms with Crippen LogP contribution in [0.1, 0.15) is 31.4 Å². The van der Waals surface area contributed by atoms with Crippen LogP contribution in [0, 0.1) is 11.7 Å². The molecule has 0 amide bonds. The predicted molar refractivity (Wildman–Crippen MR) is 84.0 cm³/mol. The first-order valence-corrected chi connectivity index (χ1v) is 7.86. The first-order chi connectivity index (χ1) is 10.1. The number of ether oxygens (including phenoxy) is 1. The number of benzene rings is 1. The van der Waals surface area contributed by atoms with Gasteiger partial charge in [0.2, 0.25) is 0 Å². The SMILES string of the molecule is COCCN(C(CN)c1cc(Cl)ccc1F)C(C)C1CC1. The van der Waals surface area contributed by atoms with Gasteiger partial charge in [-0.3, -0.25) is 4.90 Å². The third-order valence-corrected chi connectivity index (χ3v) is 4.56. The molecule has 1 fully saturated rings. The molecule has 2 rings (SSSR count). The van der Waals surface area contributed by atoms with Crippen molar-refractivity contribution < 1.29 is 9.13 Å². The molecule has 1 aliphatic rings. The molecule has 1 aromatic carbocycles. The number of halogens is 2. The van der Waals surface area contributed by atoms with Crippen molar-refractivity contribution >= 4 is 11.6 Å². The van der Waals surface area contributed by atoms with Crippen molar-refractivity contribution in [1.29, 1.82) is 0 Å². The standard InChI is InChI=1S/C16H24ClFN2O/c1-11(12-3-4-12)20(7-8-21-2)16(10-19)14-9-13(17)5-6-15(14)18/h5-6,9,11-12,16H,3-4,7-8,10,19H2,1-2H3. The summed E-state index contributed by atoms with van der Waals surface area (Å²) >= 11 is 6.03. The van der Waals surface area contributed by atoms with Crippen LogP contribution in [0.25, 0.3) is 0 Å². The first kappa shape index (κ1) is 16.7. The maximum absolute atomic E-state index is 14.2. The van der Waals surface area contributed by atoms with Gasteiger partial charge in [-0.1, -0.05) is 11.6 Å². The van der Waals surface area contributed by atoms with Crippen LogP contribution < -0.4 is 5.73 Å². The highest BCUT2D eigenvalue weighted by molar-refractivity contribution is 6.30. The zero-order chi connectivity index (χ0) is 15.4. The molecule has 0 spiro atoms. The first-order valence-electron chi connectivity index (χ1n) is 7.48. The molecule has 3 nitrogen and oxygen atoms in total. The average molecular weight is 315 g/mol. The van der Waals surface area contributed by atoms with E-state index in [4.69, 9.17) is 22.1 Å². The van der Waals surface area contributed by atoms with Gasteiger partial charge in [0, 0.05) is 36.8 Å². The van der Waals surface area contributed by atoms with Gasteiger partial charge >= 0.3 is 0 Å². The largest absolute Gasteiger partial charge is 0.383 e. The van der Waals surface area contributed by atoms with Crippen molar-refractivity contribution in [2.24, 2.45) is 11.7 Å². The summed E-state index contributed by atoms with van der Waals surface area (Å²) < 4.78 is 19.4. The lowest BCUT2D eigenvalue weighted by molar-refractivity contribution is 0.0821. The summed E-state index contributed by atoms with van der Waals surface area (Å²) in [6, 6.07) is 4.86. The second-order valence-corrected chi connectivity index (χ2v) is 6.16. The van der Waals surface area contributed by atoms with Crippen LogP contribution in [0.2, 0.25) is 5.02 Å². The lowest BCUT2D eigenvalue weighted by Gasteiger charge is -2.36. The maximum Gasteiger partial charge on any atom is 0.128 e. The van der Waals surface area contributed by atoms with Crippen LogP contribution in [-0.4, -0.2) is 37.7 Å². The lowest BCUT2D eigenvalue weighted by atomic mass is 10.0. The van der Waals surface area contributed by atoms with Crippen LogP contribution >= 0.6 is 11.6 Å². The Bertz CT molecular complexity index is 468. The van der Waals surface area contributed by atoms with Crippen LogP contribution in [0.4, 0.5) is 4.39 Å². The summed E-state index contributed by atoms with van der Waals surface area (Å²) in [7, 11) is 1.68. The second-order valence-electron chi connectivity index (χ2n) is 5.73. The fourth-order valence-electron chi connectivity index (χ4n) is 2.90. The fourth-order valence-corrected chi connectivity index (χ4v) is 3.08. The van der Waals surface area contributed by atoms with Gasteiger partial charge in [-0.15, -0.1) is 0 Å². The summed E-state index contributed by atoms with van der Waals surface area (Å²) in [6.07, 6.45) is 2.47. The molecular weight excluding hydrogens is 291 g/mol. The van der Waals surface area contributed by atoms with Crippen molar-refractivity contribution in [3.63, 3.8) is 0 Å². The molecule has 0 heterocycles. The molecule has 0 aromatic heterocycles. The molecule has 1 aromatic rings. The topological polar surface area (TPSA) is 38.5 Å². The van der Waals surface area contributed by atoms with Crippen LogP contribution in [0.5, 0.6) is 0 Å². The molecule has 118 valence electrons. The molecule has 5 heteroatoms. The third kappa shape index (κ3) is 4.16. The van der Waals surface area contributed by atoms with Crippen molar-refractivity contribution in [2.45, 2.75) is 31.8 Å². The Labute approximate surface area is 131 Å². The van der Waals surface area contributed by atoms with Crippen molar-refractivity contribution in [3.05, 3.63) is 34.6 Å². The summed E-state index contributed by atoms with van der Waals surface area (Å²) in [4.78, 5) is 2.26. The van der Waals surface area contributed by atoms with E-state index in [2.05, 4.69) is 11.8 Å². The van der Waals surface area contributed by atoms with Crippen molar-refractivity contribution in [1.82, 2.24) is 4.90 Å². The monoisotopic (exact) mass is 314 g/mol. The number of nitrogens with two attached hydrogens (primary N) is 1. The molecule has 1 saturated carbocycles. The number of rotatable bonds is 8. The predicted octanol–water partition coefficient (Wildman–Crippen LogP) is 3.23. The van der Waals surface area contributed by atoms with E-state index in [1.807, 2.05) is 0 Å². The summed E-state index contributed by atoms with van der Waals surface area (Å²) in [5.74, 6) is 0.429. The maximum atomic E-state index is 14.2. The molecule has 0 aliphatic heterocycles. The van der Waals surface area contributed by atoms with E-state index in [0.717, 1.165) is 6.54 Å². The Morgan fingerprint density at radius 1 is 1.48 bits per heavy atom. The van der Waals surface area contributed by atoms with Gasteiger partial charge in [-0.2, -0.15) is 0 Å². The molecule has 21 heavy (non-hydrogen) atoms. The lowest BCUT2D eigenvalue weighted by Crippen LogP contribution is -2.43. The Morgan fingerprint density at radius 3 is 2.76 bits per heavy atom. The molecule has 1 aliphatic carbocycles. The fraction of sp³-hybridized carbons (Fsp3) is 0.625. The zero-order valence-electron chi connectivity index (χ0n) is 12.7. The van der Waals surface area contributed by atoms with E-state index in [1.165, 1.54) is 18.9 Å². The quantitative estimate of drug-likeness (QED) is 0.800. The van der Waals surface area contributed by atoms with Crippen LogP contribution in [0.15, 0.2) is 18.2 Å². The summed E-state index contributed by atoms with van der Waals surface area (Å²) in [6.45, 7) is 3.90. The van der Waals surface area contributed by atoms with Gasteiger partial charge < -0.3 is 10.5 Å². The van der Waals surface area contributed by atoms with Crippen molar-refractivity contribution in [2.75, 3.05) is 26.8 Å². The van der Waals surface area contributed by atoms with E-state index in [9.17, 15) is 4.39 Å². The molecule has 0 saturated heterocycles. The third-order valence-electron chi connectivity index (χ3n) is 4.32. The Kier molecular flexibility index (Phi) is 5.99. The average Bonchev–Trinajstić information content (AvgIpc) is 3.30. The van der Waals surface area contributed by atoms with E-state index >= 15 is 0 Å². The highest BCUT2D eigenvalue weighted by Crippen LogP contribution is 2.38. The molecule has 2 atom stereocenters. The molecule has 0 bridgehead atoms. The number of methoxy groups -OCH3 is 1. The normalized spacial score (nSPS) is 18.0. The molecular formula is C16H24ClFN2O. The number of hydrogen-bond acceptors (Lipinski definition) is 3. The molecule has 0 radical (unpaired) electrons. The Balaban J connectivity index is 2.26. The van der Waals surface area contributed by atoms with Gasteiger partial charge in [-0.25, -0.2) is 4.39 Å². The molecule has 2 N–H and O–H groups in total. The van der Waals surface area contributed by atoms with E-state index in [1.54, 1.807) is 19.2 Å². The van der Waals surface area contributed by atoms with E-state index in [0.29, 0.717) is 35.7 Å². The van der Waals surface area contributed by atoms with Crippen LogP contribution in [-0.2, 0) is 4.74 Å². The van der Waals surface area contributed by atoms with Gasteiger partial charge in [0.05, 0.1) is 12.6 Å². The Hall–Kier alpha value is -0.680. The minimum absolute atomic E-state index is 0.172. The van der Waals surface area contributed by atoms with Crippen LogP contribution in [0.3, 0.4) is 0 Å². The minimum Gasteiger partial charge on any atom is -0.383 e. The van der Waals surface area contributed by atoms with Gasteiger partial charge in [0.1, 0.15) is 5.82 Å². The van der Waals surface area contributed by atoms with Crippen molar-refractivity contribution in [3.8, 4) is 0 Å². The summed E-state index contributed by atoms with van der Waals surface area (Å²) in [5, 5.41) is 0.538. The highest BCUT2D eigenvalue weighted by Gasteiger charge is 2.35. The summed E-state index contributed by atoms with van der Waals surface area (Å²) in [5.41, 5.74) is 6.54. The van der Waals surface area contributed by atoms with E-state index < -0.39 is 0 Å². The van der Waals surface area contributed by atoms with Gasteiger partial charge in [0.25, 0.3) is 0 Å². The Morgan fingerprint density at radius 2 is 2.19 bits per heavy atom. The van der Waals surface area contributed by atoms with E-state index in [-0.39, 0.29) is 11.9 Å². The number of hydrogen-bond donors (Lipinski definition) is 1. The second kappa shape index (κ2) is 7.54. The molecule has 2 unspecified atom stereocenters.